The van der Waals surface area contributed by atoms with Gasteiger partial charge in [0, 0.05) is 24.6 Å². The van der Waals surface area contributed by atoms with Gasteiger partial charge in [0.15, 0.2) is 9.84 Å². The molecule has 2 aliphatic rings. The van der Waals surface area contributed by atoms with E-state index in [1.54, 1.807) is 43.3 Å². The van der Waals surface area contributed by atoms with Gasteiger partial charge in [-0.25, -0.2) is 13.4 Å². The molecule has 2 fully saturated rings. The first-order chi connectivity index (χ1) is 18.0. The number of hydrogen-bond acceptors (Lipinski definition) is 4. The highest BCUT2D eigenvalue weighted by Crippen LogP contribution is 2.42. The molecule has 1 aromatic heterocycles. The summed E-state index contributed by atoms with van der Waals surface area (Å²) in [6, 6.07) is 12.3. The van der Waals surface area contributed by atoms with Crippen LogP contribution in [0.25, 0.3) is 11.0 Å². The lowest BCUT2D eigenvalue weighted by Crippen LogP contribution is -2.28. The van der Waals surface area contributed by atoms with Gasteiger partial charge in [0.25, 0.3) is 5.91 Å². The van der Waals surface area contributed by atoms with Crippen LogP contribution in [0.4, 0.5) is 13.2 Å². The Balaban J connectivity index is 1.27. The van der Waals surface area contributed by atoms with Crippen LogP contribution in [0.2, 0.25) is 0 Å². The summed E-state index contributed by atoms with van der Waals surface area (Å²) in [6.45, 7) is 1.85. The van der Waals surface area contributed by atoms with E-state index < -0.39 is 21.9 Å². The van der Waals surface area contributed by atoms with Crippen LogP contribution < -0.4 is 5.32 Å². The van der Waals surface area contributed by atoms with Gasteiger partial charge in [0.2, 0.25) is 0 Å². The molecule has 204 valence electrons. The van der Waals surface area contributed by atoms with Crippen LogP contribution in [0.5, 0.6) is 0 Å². The van der Waals surface area contributed by atoms with Crippen molar-refractivity contribution in [1.82, 2.24) is 14.9 Å². The molecule has 5 rings (SSSR count). The Bertz CT molecular complexity index is 1420. The normalized spacial score (nSPS) is 20.5. The summed E-state index contributed by atoms with van der Waals surface area (Å²) in [5.41, 5.74) is 2.93. The maximum absolute atomic E-state index is 13.1. The minimum atomic E-state index is -4.11. The summed E-state index contributed by atoms with van der Waals surface area (Å²) in [5, 5.41) is 2.88. The maximum Gasteiger partial charge on any atom is 0.391 e. The zero-order valence-electron chi connectivity index (χ0n) is 21.3. The molecule has 3 aromatic rings. The number of aromatic nitrogens is 2. The molecule has 2 aromatic carbocycles. The van der Waals surface area contributed by atoms with Crippen molar-refractivity contribution < 1.29 is 26.4 Å². The summed E-state index contributed by atoms with van der Waals surface area (Å²) in [5.74, 6) is -0.334. The number of sulfone groups is 1. The van der Waals surface area contributed by atoms with E-state index in [4.69, 9.17) is 4.98 Å². The lowest BCUT2D eigenvalue weighted by Gasteiger charge is -2.29. The number of fused-ring (bicyclic) bond motifs is 1. The van der Waals surface area contributed by atoms with E-state index in [2.05, 4.69) is 9.88 Å². The molecule has 0 radical (unpaired) electrons. The van der Waals surface area contributed by atoms with E-state index in [-0.39, 0.29) is 41.9 Å². The molecule has 2 aliphatic carbocycles. The van der Waals surface area contributed by atoms with Crippen molar-refractivity contribution in [3.05, 3.63) is 59.4 Å². The fourth-order valence-electron chi connectivity index (χ4n) is 5.39. The monoisotopic (exact) mass is 547 g/mol. The third-order valence-corrected chi connectivity index (χ3v) is 9.58. The highest BCUT2D eigenvalue weighted by atomic mass is 32.2. The number of halogens is 3. The molecule has 1 heterocycles. The van der Waals surface area contributed by atoms with Gasteiger partial charge in [-0.3, -0.25) is 4.79 Å². The molecule has 0 spiro atoms. The van der Waals surface area contributed by atoms with Crippen LogP contribution in [0, 0.1) is 11.8 Å². The number of amides is 1. The van der Waals surface area contributed by atoms with Crippen molar-refractivity contribution in [2.75, 3.05) is 5.75 Å². The Morgan fingerprint density at radius 3 is 2.32 bits per heavy atom. The number of nitrogens with one attached hydrogen (secondary N) is 1. The summed E-state index contributed by atoms with van der Waals surface area (Å²) >= 11 is 0. The van der Waals surface area contributed by atoms with Gasteiger partial charge >= 0.3 is 6.18 Å². The fraction of sp³-hybridized carbons (Fsp3) is 0.500. The molecule has 38 heavy (non-hydrogen) atoms. The lowest BCUT2D eigenvalue weighted by atomic mass is 9.80. The van der Waals surface area contributed by atoms with Crippen LogP contribution in [0.15, 0.2) is 47.4 Å². The highest BCUT2D eigenvalue weighted by molar-refractivity contribution is 7.91. The average molecular weight is 548 g/mol. The zero-order chi connectivity index (χ0) is 27.1. The van der Waals surface area contributed by atoms with Crippen molar-refractivity contribution >= 4 is 26.8 Å². The second kappa shape index (κ2) is 10.4. The standard InChI is InChI=1S/C28H32F3N3O3S/c1-2-38(36,37)23-12-5-19(6-13-23)17-32-27(35)20-7-14-25-24(16-20)33-26(34(25)22-10-11-22)15-18-3-8-21(9-4-18)28(29,30)31/h5-7,12-14,16,18,21-22H,2-4,8-11,15,17H2,1H3,(H,32,35)/t18-,21+. The topological polar surface area (TPSA) is 81.1 Å². The highest BCUT2D eigenvalue weighted by Gasteiger charge is 2.41. The molecule has 0 atom stereocenters. The SMILES string of the molecule is CCS(=O)(=O)c1ccc(CNC(=O)c2ccc3c(c2)nc(C[C@H]2CC[C@@H](C(F)(F)F)CC2)n3C2CC2)cc1. The van der Waals surface area contributed by atoms with Gasteiger partial charge in [-0.05, 0) is 80.3 Å². The van der Waals surface area contributed by atoms with Gasteiger partial charge in [-0.2, -0.15) is 13.2 Å². The van der Waals surface area contributed by atoms with Gasteiger partial charge < -0.3 is 9.88 Å². The van der Waals surface area contributed by atoms with Crippen LogP contribution in [0.1, 0.15) is 73.2 Å². The van der Waals surface area contributed by atoms with Gasteiger partial charge in [-0.15, -0.1) is 0 Å². The third kappa shape index (κ3) is 5.75. The zero-order valence-corrected chi connectivity index (χ0v) is 22.1. The second-order valence-corrected chi connectivity index (χ2v) is 12.8. The van der Waals surface area contributed by atoms with E-state index in [1.807, 2.05) is 6.07 Å². The quantitative estimate of drug-likeness (QED) is 0.375. The molecular weight excluding hydrogens is 515 g/mol. The van der Waals surface area contributed by atoms with Crippen molar-refractivity contribution in [1.29, 1.82) is 0 Å². The van der Waals surface area contributed by atoms with Gasteiger partial charge in [0.1, 0.15) is 5.82 Å². The summed E-state index contributed by atoms with van der Waals surface area (Å²) in [7, 11) is -3.27. The predicted molar refractivity (Wildman–Crippen MR) is 139 cm³/mol. The first-order valence-electron chi connectivity index (χ1n) is 13.2. The Kier molecular flexibility index (Phi) is 7.28. The summed E-state index contributed by atoms with van der Waals surface area (Å²) in [6.07, 6.45) is 0.121. The third-order valence-electron chi connectivity index (χ3n) is 7.83. The molecule has 0 saturated heterocycles. The van der Waals surface area contributed by atoms with Crippen LogP contribution in [-0.2, 0) is 22.8 Å². The minimum Gasteiger partial charge on any atom is -0.348 e. The molecule has 1 N–H and O–H groups in total. The Hall–Kier alpha value is -2.88. The molecule has 6 nitrogen and oxygen atoms in total. The molecule has 10 heteroatoms. The lowest BCUT2D eigenvalue weighted by molar-refractivity contribution is -0.183. The second-order valence-electron chi connectivity index (χ2n) is 10.5. The minimum absolute atomic E-state index is 0.0307. The Morgan fingerprint density at radius 1 is 1.03 bits per heavy atom. The van der Waals surface area contributed by atoms with Crippen molar-refractivity contribution in [2.45, 2.75) is 75.5 Å². The number of nitrogens with zero attached hydrogens (tertiary/aromatic N) is 2. The number of benzene rings is 2. The van der Waals surface area contributed by atoms with Gasteiger partial charge in [-0.1, -0.05) is 19.1 Å². The van der Waals surface area contributed by atoms with E-state index in [0.717, 1.165) is 35.3 Å². The van der Waals surface area contributed by atoms with Crippen LogP contribution >= 0.6 is 0 Å². The number of carbonyl (C=O) groups excluding carboxylic acids is 1. The average Bonchev–Trinajstić information content (AvgIpc) is 3.67. The van der Waals surface area contributed by atoms with Gasteiger partial charge in [0.05, 0.1) is 27.6 Å². The maximum atomic E-state index is 13.1. The van der Waals surface area contributed by atoms with E-state index in [9.17, 15) is 26.4 Å². The smallest absolute Gasteiger partial charge is 0.348 e. The summed E-state index contributed by atoms with van der Waals surface area (Å²) < 4.78 is 65.4. The number of carbonyl (C=O) groups is 1. The van der Waals surface area contributed by atoms with Crippen molar-refractivity contribution in [3.63, 3.8) is 0 Å². The molecule has 0 unspecified atom stereocenters. The van der Waals surface area contributed by atoms with Crippen molar-refractivity contribution in [3.8, 4) is 0 Å². The number of hydrogen-bond donors (Lipinski definition) is 1. The van der Waals surface area contributed by atoms with Crippen molar-refractivity contribution in [2.24, 2.45) is 11.8 Å². The van der Waals surface area contributed by atoms with E-state index in [1.165, 1.54) is 0 Å². The Morgan fingerprint density at radius 2 is 1.71 bits per heavy atom. The molecule has 2 saturated carbocycles. The predicted octanol–water partition coefficient (Wildman–Crippen LogP) is 6.01. The van der Waals surface area contributed by atoms with E-state index >= 15 is 0 Å². The van der Waals surface area contributed by atoms with E-state index in [0.29, 0.717) is 30.9 Å². The molecular formula is C28H32F3N3O3S. The fourth-order valence-corrected chi connectivity index (χ4v) is 6.28. The Labute approximate surface area is 220 Å². The first kappa shape index (κ1) is 26.7. The number of imidazole rings is 1. The molecule has 0 bridgehead atoms. The molecule has 0 aliphatic heterocycles. The molecule has 1 amide bonds. The largest absolute Gasteiger partial charge is 0.391 e. The van der Waals surface area contributed by atoms with Crippen LogP contribution in [-0.4, -0.2) is 35.8 Å². The number of rotatable bonds is 8. The first-order valence-corrected chi connectivity index (χ1v) is 14.9. The van der Waals surface area contributed by atoms with Crippen LogP contribution in [0.3, 0.4) is 0 Å². The summed E-state index contributed by atoms with van der Waals surface area (Å²) in [4.78, 5) is 18.0. The number of alkyl halides is 3.